The van der Waals surface area contributed by atoms with Gasteiger partial charge in [-0.15, -0.1) is 11.3 Å². The molecule has 1 aromatic carbocycles. The summed E-state index contributed by atoms with van der Waals surface area (Å²) in [6.45, 7) is 3.95. The van der Waals surface area contributed by atoms with Crippen LogP contribution in [-0.4, -0.2) is 43.7 Å². The lowest BCUT2D eigenvalue weighted by Gasteiger charge is -2.34. The Morgan fingerprint density at radius 3 is 2.64 bits per heavy atom. The van der Waals surface area contributed by atoms with Crippen molar-refractivity contribution < 1.29 is 9.53 Å². The minimum Gasteiger partial charge on any atom is -0.379 e. The number of carbonyl (C=O) groups is 1. The molecule has 0 bridgehead atoms. The molecule has 1 aliphatic rings. The first-order chi connectivity index (χ1) is 10.8. The van der Waals surface area contributed by atoms with Crippen LogP contribution in [0.25, 0.3) is 0 Å². The number of nitrogens with one attached hydrogen (secondary N) is 1. The fourth-order valence-electron chi connectivity index (χ4n) is 2.66. The Bertz CT molecular complexity index is 580. The lowest BCUT2D eigenvalue weighted by Crippen LogP contribution is -2.43. The van der Waals surface area contributed by atoms with Crippen molar-refractivity contribution in [1.82, 2.24) is 10.2 Å². The molecule has 1 saturated heterocycles. The molecule has 1 aromatic heterocycles. The highest BCUT2D eigenvalue weighted by Gasteiger charge is 2.24. The number of amides is 1. The molecule has 116 valence electrons. The van der Waals surface area contributed by atoms with Gasteiger partial charge in [0.1, 0.15) is 0 Å². The predicted molar refractivity (Wildman–Crippen MR) is 88.2 cm³/mol. The van der Waals surface area contributed by atoms with E-state index in [2.05, 4.69) is 27.7 Å². The van der Waals surface area contributed by atoms with Gasteiger partial charge in [0.25, 0.3) is 5.91 Å². The summed E-state index contributed by atoms with van der Waals surface area (Å²) in [5, 5.41) is 5.15. The van der Waals surface area contributed by atoms with Gasteiger partial charge >= 0.3 is 0 Å². The van der Waals surface area contributed by atoms with Crippen LogP contribution in [0.3, 0.4) is 0 Å². The number of rotatable bonds is 5. The van der Waals surface area contributed by atoms with Gasteiger partial charge in [0.2, 0.25) is 0 Å². The monoisotopic (exact) mass is 316 g/mol. The van der Waals surface area contributed by atoms with Crippen molar-refractivity contribution in [3.05, 3.63) is 58.3 Å². The van der Waals surface area contributed by atoms with E-state index >= 15 is 0 Å². The molecule has 5 heteroatoms. The summed E-state index contributed by atoms with van der Waals surface area (Å²) in [6.07, 6.45) is 0. The van der Waals surface area contributed by atoms with Crippen molar-refractivity contribution in [1.29, 1.82) is 0 Å². The second-order valence-electron chi connectivity index (χ2n) is 5.26. The molecule has 1 aliphatic heterocycles. The highest BCUT2D eigenvalue weighted by atomic mass is 32.1. The molecule has 1 N–H and O–H groups in total. The summed E-state index contributed by atoms with van der Waals surface area (Å²) in [6, 6.07) is 13.8. The van der Waals surface area contributed by atoms with E-state index in [-0.39, 0.29) is 11.9 Å². The van der Waals surface area contributed by atoms with Crippen LogP contribution in [0.4, 0.5) is 0 Å². The minimum absolute atomic E-state index is 0.0181. The Balaban J connectivity index is 1.66. The Morgan fingerprint density at radius 2 is 1.95 bits per heavy atom. The van der Waals surface area contributed by atoms with Gasteiger partial charge in [0, 0.05) is 30.1 Å². The van der Waals surface area contributed by atoms with Crippen molar-refractivity contribution in [2.45, 2.75) is 6.04 Å². The number of hydrogen-bond acceptors (Lipinski definition) is 4. The van der Waals surface area contributed by atoms with Crippen LogP contribution in [0.15, 0.2) is 47.8 Å². The lowest BCUT2D eigenvalue weighted by molar-refractivity contribution is 0.0169. The molecule has 4 nitrogen and oxygen atoms in total. The largest absolute Gasteiger partial charge is 0.379 e. The van der Waals surface area contributed by atoms with Crippen molar-refractivity contribution in [3.63, 3.8) is 0 Å². The topological polar surface area (TPSA) is 41.6 Å². The standard InChI is InChI=1S/C17H20N2O2S/c20-17(14-5-2-1-3-6-14)18-13-15(16-7-4-12-22-16)19-8-10-21-11-9-19/h1-7,12,15H,8-11,13H2,(H,18,20). The molecular weight excluding hydrogens is 296 g/mol. The molecule has 3 rings (SSSR count). The quantitative estimate of drug-likeness (QED) is 0.922. The minimum atomic E-state index is -0.0181. The third-order valence-electron chi connectivity index (χ3n) is 3.85. The SMILES string of the molecule is O=C(NCC(c1cccs1)N1CCOCC1)c1ccccc1. The van der Waals surface area contributed by atoms with Gasteiger partial charge in [-0.1, -0.05) is 24.3 Å². The van der Waals surface area contributed by atoms with E-state index in [1.165, 1.54) is 4.88 Å². The molecule has 2 heterocycles. The second kappa shape index (κ2) is 7.54. The molecule has 2 aromatic rings. The Kier molecular flexibility index (Phi) is 5.21. The highest BCUT2D eigenvalue weighted by Crippen LogP contribution is 2.25. The van der Waals surface area contributed by atoms with Crippen LogP contribution < -0.4 is 5.32 Å². The molecule has 0 saturated carbocycles. The summed E-state index contributed by atoms with van der Waals surface area (Å²) in [7, 11) is 0. The number of ether oxygens (including phenoxy) is 1. The average molecular weight is 316 g/mol. The van der Waals surface area contributed by atoms with Gasteiger partial charge in [-0.25, -0.2) is 0 Å². The van der Waals surface area contributed by atoms with Crippen LogP contribution in [0.2, 0.25) is 0 Å². The number of thiophene rings is 1. The van der Waals surface area contributed by atoms with Crippen LogP contribution in [0.1, 0.15) is 21.3 Å². The Morgan fingerprint density at radius 1 is 1.18 bits per heavy atom. The number of benzene rings is 1. The number of carbonyl (C=O) groups excluding carboxylic acids is 1. The van der Waals surface area contributed by atoms with E-state index < -0.39 is 0 Å². The van der Waals surface area contributed by atoms with E-state index in [1.54, 1.807) is 11.3 Å². The maximum Gasteiger partial charge on any atom is 0.251 e. The number of nitrogens with zero attached hydrogens (tertiary/aromatic N) is 1. The summed E-state index contributed by atoms with van der Waals surface area (Å²) in [5.41, 5.74) is 0.703. The first-order valence-corrected chi connectivity index (χ1v) is 8.41. The smallest absolute Gasteiger partial charge is 0.251 e. The van der Waals surface area contributed by atoms with Crippen LogP contribution in [-0.2, 0) is 4.74 Å². The first kappa shape index (κ1) is 15.2. The normalized spacial score (nSPS) is 17.1. The van der Waals surface area contributed by atoms with Crippen molar-refractivity contribution in [2.24, 2.45) is 0 Å². The van der Waals surface area contributed by atoms with Gasteiger partial charge in [0.15, 0.2) is 0 Å². The fraction of sp³-hybridized carbons (Fsp3) is 0.353. The zero-order chi connectivity index (χ0) is 15.2. The van der Waals surface area contributed by atoms with E-state index in [0.29, 0.717) is 12.1 Å². The van der Waals surface area contributed by atoms with Gasteiger partial charge in [-0.2, -0.15) is 0 Å². The molecular formula is C17H20N2O2S. The summed E-state index contributed by atoms with van der Waals surface area (Å²) in [4.78, 5) is 15.9. The van der Waals surface area contributed by atoms with Crippen molar-refractivity contribution in [2.75, 3.05) is 32.8 Å². The number of hydrogen-bond donors (Lipinski definition) is 1. The summed E-state index contributed by atoms with van der Waals surface area (Å²) in [5.74, 6) is -0.0181. The fourth-order valence-corrected chi connectivity index (χ4v) is 3.52. The average Bonchev–Trinajstić information content (AvgIpc) is 3.11. The van der Waals surface area contributed by atoms with E-state index in [4.69, 9.17) is 4.74 Å². The predicted octanol–water partition coefficient (Wildman–Crippen LogP) is 2.55. The van der Waals surface area contributed by atoms with E-state index in [9.17, 15) is 4.79 Å². The zero-order valence-electron chi connectivity index (χ0n) is 12.4. The van der Waals surface area contributed by atoms with Crippen molar-refractivity contribution in [3.8, 4) is 0 Å². The molecule has 0 radical (unpaired) electrons. The molecule has 1 fully saturated rings. The maximum atomic E-state index is 12.3. The third-order valence-corrected chi connectivity index (χ3v) is 4.82. The second-order valence-corrected chi connectivity index (χ2v) is 6.23. The van der Waals surface area contributed by atoms with Crippen LogP contribution in [0.5, 0.6) is 0 Å². The molecule has 1 unspecified atom stereocenters. The molecule has 1 atom stereocenters. The Labute approximate surface area is 134 Å². The lowest BCUT2D eigenvalue weighted by atomic mass is 10.1. The van der Waals surface area contributed by atoms with E-state index in [1.807, 2.05) is 30.3 Å². The first-order valence-electron chi connectivity index (χ1n) is 7.53. The van der Waals surface area contributed by atoms with Crippen LogP contribution in [0, 0.1) is 0 Å². The maximum absolute atomic E-state index is 12.3. The van der Waals surface area contributed by atoms with Crippen molar-refractivity contribution >= 4 is 17.2 Å². The highest BCUT2D eigenvalue weighted by molar-refractivity contribution is 7.10. The molecule has 0 aliphatic carbocycles. The number of morpholine rings is 1. The van der Waals surface area contributed by atoms with Gasteiger partial charge in [-0.3, -0.25) is 9.69 Å². The molecule has 22 heavy (non-hydrogen) atoms. The third kappa shape index (κ3) is 3.74. The van der Waals surface area contributed by atoms with Gasteiger partial charge in [0.05, 0.1) is 19.3 Å². The van der Waals surface area contributed by atoms with E-state index in [0.717, 1.165) is 26.3 Å². The summed E-state index contributed by atoms with van der Waals surface area (Å²) >= 11 is 1.74. The molecule has 0 spiro atoms. The molecule has 1 amide bonds. The van der Waals surface area contributed by atoms with Crippen LogP contribution >= 0.6 is 11.3 Å². The van der Waals surface area contributed by atoms with Gasteiger partial charge in [-0.05, 0) is 23.6 Å². The van der Waals surface area contributed by atoms with Gasteiger partial charge < -0.3 is 10.1 Å². The zero-order valence-corrected chi connectivity index (χ0v) is 13.2. The summed E-state index contributed by atoms with van der Waals surface area (Å²) < 4.78 is 5.44. The Hall–Kier alpha value is -1.69.